The molecule has 1 N–H and O–H groups in total. The maximum atomic E-state index is 13.4. The van der Waals surface area contributed by atoms with E-state index in [2.05, 4.69) is 9.88 Å². The van der Waals surface area contributed by atoms with E-state index in [0.717, 1.165) is 31.5 Å². The molecule has 3 atom stereocenters. The topological polar surface area (TPSA) is 56.4 Å². The normalized spacial score (nSPS) is 31.7. The summed E-state index contributed by atoms with van der Waals surface area (Å²) in [6.45, 7) is 2.68. The van der Waals surface area contributed by atoms with Crippen LogP contribution in [-0.4, -0.2) is 52.4 Å². The first-order chi connectivity index (χ1) is 13.1. The van der Waals surface area contributed by atoms with Gasteiger partial charge in [0.05, 0.1) is 6.04 Å². The van der Waals surface area contributed by atoms with Crippen LogP contribution in [0.1, 0.15) is 34.7 Å². The van der Waals surface area contributed by atoms with Crippen molar-refractivity contribution in [1.82, 2.24) is 14.8 Å². The molecule has 0 aliphatic carbocycles. The van der Waals surface area contributed by atoms with E-state index in [1.807, 2.05) is 17.0 Å². The molecule has 1 aromatic heterocycles. The van der Waals surface area contributed by atoms with Crippen LogP contribution in [0.15, 0.2) is 47.4 Å². The van der Waals surface area contributed by atoms with Crippen molar-refractivity contribution in [2.75, 3.05) is 19.6 Å². The number of carbonyl (C=O) groups is 1. The molecule has 4 fully saturated rings. The number of halogens is 1. The maximum absolute atomic E-state index is 13.4. The number of nitrogens with zero attached hydrogens (tertiary/aromatic N) is 2. The minimum atomic E-state index is -0.342. The Balaban J connectivity index is 1.54. The van der Waals surface area contributed by atoms with E-state index < -0.39 is 0 Å². The number of benzene rings is 1. The number of hydrogen-bond donors (Lipinski definition) is 1. The van der Waals surface area contributed by atoms with Crippen LogP contribution < -0.4 is 5.56 Å². The van der Waals surface area contributed by atoms with E-state index in [1.54, 1.807) is 18.3 Å². The third kappa shape index (κ3) is 2.62. The number of pyridine rings is 1. The maximum Gasteiger partial charge on any atom is 0.260 e. The van der Waals surface area contributed by atoms with E-state index in [-0.39, 0.29) is 40.8 Å². The number of likely N-dealkylation sites (tertiary alicyclic amines) is 1. The SMILES string of the molecule is O=C(c1ccc[nH]c1=O)N1C[C@H](c2ccc(F)cc2)[C@H]2[C@@H]1C1CCN2CC1. The summed E-state index contributed by atoms with van der Waals surface area (Å²) in [7, 11) is 0. The number of fused-ring (bicyclic) bond motifs is 2. The lowest BCUT2D eigenvalue weighted by Gasteiger charge is -2.51. The average molecular weight is 367 g/mol. The minimum Gasteiger partial charge on any atom is -0.333 e. The molecule has 27 heavy (non-hydrogen) atoms. The summed E-state index contributed by atoms with van der Waals surface area (Å²) < 4.78 is 13.4. The fraction of sp³-hybridized carbons (Fsp3) is 0.429. The lowest BCUT2D eigenvalue weighted by atomic mass is 9.75. The zero-order valence-corrected chi connectivity index (χ0v) is 15.0. The second kappa shape index (κ2) is 6.30. The Kier molecular flexibility index (Phi) is 3.90. The predicted octanol–water partition coefficient (Wildman–Crippen LogP) is 2.22. The Morgan fingerprint density at radius 3 is 2.52 bits per heavy atom. The molecule has 2 aromatic rings. The molecule has 6 rings (SSSR count). The van der Waals surface area contributed by atoms with E-state index in [9.17, 15) is 14.0 Å². The number of nitrogens with one attached hydrogen (secondary N) is 1. The zero-order chi connectivity index (χ0) is 18.5. The number of carbonyl (C=O) groups excluding carboxylic acids is 1. The standard InChI is InChI=1S/C21H22FN3O2/c22-15-5-3-13(4-6-15)17-12-25(21(27)16-2-1-9-23-20(16)26)18-14-7-10-24(11-8-14)19(17)18/h1-6,9,14,17-19H,7-8,10-12H2,(H,23,26)/t17-,18+,19+/m1/s1. The Hall–Kier alpha value is -2.47. The Morgan fingerprint density at radius 2 is 1.81 bits per heavy atom. The molecule has 5 heterocycles. The predicted molar refractivity (Wildman–Crippen MR) is 99.1 cm³/mol. The highest BCUT2D eigenvalue weighted by Gasteiger charge is 2.54. The van der Waals surface area contributed by atoms with Gasteiger partial charge in [-0.15, -0.1) is 0 Å². The Labute approximate surface area is 156 Å². The van der Waals surface area contributed by atoms with Gasteiger partial charge in [-0.25, -0.2) is 4.39 Å². The number of rotatable bonds is 2. The minimum absolute atomic E-state index is 0.120. The molecule has 4 saturated heterocycles. The lowest BCUT2D eigenvalue weighted by Crippen LogP contribution is -2.60. The number of aromatic amines is 1. The molecule has 0 spiro atoms. The first kappa shape index (κ1) is 16.7. The van der Waals surface area contributed by atoms with E-state index >= 15 is 0 Å². The Bertz CT molecular complexity index is 918. The zero-order valence-electron chi connectivity index (χ0n) is 15.0. The molecule has 1 aromatic carbocycles. The summed E-state index contributed by atoms with van der Waals surface area (Å²) in [5.41, 5.74) is 0.925. The van der Waals surface area contributed by atoms with Crippen molar-refractivity contribution < 1.29 is 9.18 Å². The summed E-state index contributed by atoms with van der Waals surface area (Å²) in [5.74, 6) is 0.176. The molecule has 0 radical (unpaired) electrons. The van der Waals surface area contributed by atoms with Crippen LogP contribution in [0.5, 0.6) is 0 Å². The summed E-state index contributed by atoms with van der Waals surface area (Å²) in [6, 6.07) is 10.3. The van der Waals surface area contributed by atoms with E-state index in [1.165, 1.54) is 12.1 Å². The molecule has 4 aliphatic rings. The summed E-state index contributed by atoms with van der Waals surface area (Å²) in [5, 5.41) is 0. The molecule has 1 amide bonds. The van der Waals surface area contributed by atoms with E-state index in [0.29, 0.717) is 12.5 Å². The number of amides is 1. The van der Waals surface area contributed by atoms with Gasteiger partial charge in [0.25, 0.3) is 11.5 Å². The van der Waals surface area contributed by atoms with Gasteiger partial charge in [0.2, 0.25) is 0 Å². The van der Waals surface area contributed by atoms with Crippen LogP contribution in [0.3, 0.4) is 0 Å². The third-order valence-electron chi connectivity index (χ3n) is 6.60. The van der Waals surface area contributed by atoms with Crippen LogP contribution in [-0.2, 0) is 0 Å². The molecule has 0 unspecified atom stereocenters. The summed E-state index contributed by atoms with van der Waals surface area (Å²) in [6.07, 6.45) is 3.72. The van der Waals surface area contributed by atoms with Crippen LogP contribution in [0, 0.1) is 11.7 Å². The molecule has 0 saturated carbocycles. The highest BCUT2D eigenvalue weighted by molar-refractivity contribution is 5.94. The quantitative estimate of drug-likeness (QED) is 0.886. The lowest BCUT2D eigenvalue weighted by molar-refractivity contribution is -0.00346. The fourth-order valence-electron chi connectivity index (χ4n) is 5.40. The van der Waals surface area contributed by atoms with Gasteiger partial charge in [0.15, 0.2) is 0 Å². The fourth-order valence-corrected chi connectivity index (χ4v) is 5.40. The van der Waals surface area contributed by atoms with Crippen molar-refractivity contribution in [3.8, 4) is 0 Å². The molecule has 5 nitrogen and oxygen atoms in total. The van der Waals surface area contributed by atoms with Gasteiger partial charge < -0.3 is 9.88 Å². The average Bonchev–Trinajstić information content (AvgIpc) is 3.12. The molecule has 140 valence electrons. The highest BCUT2D eigenvalue weighted by Crippen LogP contribution is 2.46. The molecule has 4 aliphatic heterocycles. The summed E-state index contributed by atoms with van der Waals surface area (Å²) in [4.78, 5) is 32.4. The number of H-pyrrole nitrogens is 1. The largest absolute Gasteiger partial charge is 0.333 e. The molecular weight excluding hydrogens is 345 g/mol. The molecule has 2 bridgehead atoms. The van der Waals surface area contributed by atoms with Crippen molar-refractivity contribution in [1.29, 1.82) is 0 Å². The first-order valence-corrected chi connectivity index (χ1v) is 9.61. The smallest absolute Gasteiger partial charge is 0.260 e. The van der Waals surface area contributed by atoms with Gasteiger partial charge in [0.1, 0.15) is 11.4 Å². The van der Waals surface area contributed by atoms with Crippen LogP contribution in [0.25, 0.3) is 0 Å². The monoisotopic (exact) mass is 367 g/mol. The number of aromatic nitrogens is 1. The van der Waals surface area contributed by atoms with Gasteiger partial charge in [-0.05, 0) is 61.7 Å². The van der Waals surface area contributed by atoms with Gasteiger partial charge in [-0.1, -0.05) is 12.1 Å². The van der Waals surface area contributed by atoms with Gasteiger partial charge in [-0.3, -0.25) is 14.5 Å². The van der Waals surface area contributed by atoms with Crippen LogP contribution >= 0.6 is 0 Å². The van der Waals surface area contributed by atoms with Crippen LogP contribution in [0.4, 0.5) is 4.39 Å². The first-order valence-electron chi connectivity index (χ1n) is 9.61. The van der Waals surface area contributed by atoms with Crippen molar-refractivity contribution in [2.24, 2.45) is 5.92 Å². The second-order valence-electron chi connectivity index (χ2n) is 7.88. The van der Waals surface area contributed by atoms with Gasteiger partial charge >= 0.3 is 0 Å². The third-order valence-corrected chi connectivity index (χ3v) is 6.60. The van der Waals surface area contributed by atoms with Crippen molar-refractivity contribution in [2.45, 2.75) is 30.8 Å². The number of piperidine rings is 3. The second-order valence-corrected chi connectivity index (χ2v) is 7.88. The number of hydrogen-bond acceptors (Lipinski definition) is 3. The molecule has 6 heteroatoms. The van der Waals surface area contributed by atoms with Gasteiger partial charge in [0, 0.05) is 24.7 Å². The van der Waals surface area contributed by atoms with Crippen LogP contribution in [0.2, 0.25) is 0 Å². The van der Waals surface area contributed by atoms with Crippen molar-refractivity contribution in [3.63, 3.8) is 0 Å². The van der Waals surface area contributed by atoms with Crippen molar-refractivity contribution >= 4 is 5.91 Å². The molecular formula is C21H22FN3O2. The van der Waals surface area contributed by atoms with Gasteiger partial charge in [-0.2, -0.15) is 0 Å². The highest BCUT2D eigenvalue weighted by atomic mass is 19.1. The summed E-state index contributed by atoms with van der Waals surface area (Å²) >= 11 is 0. The van der Waals surface area contributed by atoms with Crippen molar-refractivity contribution in [3.05, 3.63) is 69.9 Å². The Morgan fingerprint density at radius 1 is 1.07 bits per heavy atom. The van der Waals surface area contributed by atoms with E-state index in [4.69, 9.17) is 0 Å².